The van der Waals surface area contributed by atoms with Gasteiger partial charge in [-0.2, -0.15) is 0 Å². The Morgan fingerprint density at radius 2 is 1.79 bits per heavy atom. The molecule has 2 fully saturated rings. The van der Waals surface area contributed by atoms with Crippen LogP contribution in [-0.4, -0.2) is 29.0 Å². The number of hydrogen-bond donors (Lipinski definition) is 1. The molecule has 1 aromatic carbocycles. The minimum absolute atomic E-state index is 0.127. The first-order chi connectivity index (χ1) is 9.13. The second-order valence-electron chi connectivity index (χ2n) is 6.10. The third-order valence-corrected chi connectivity index (χ3v) is 4.08. The molecule has 3 nitrogen and oxygen atoms in total. The van der Waals surface area contributed by atoms with E-state index in [1.807, 2.05) is 11.8 Å². The van der Waals surface area contributed by atoms with Crippen molar-refractivity contribution in [3.8, 4) is 5.75 Å². The molecule has 0 radical (unpaired) electrons. The Kier molecular flexibility index (Phi) is 3.21. The van der Waals surface area contributed by atoms with E-state index in [1.54, 1.807) is 18.2 Å². The molecule has 0 spiro atoms. The molecule has 0 bridgehead atoms. The molecule has 2 aliphatic rings. The Balaban J connectivity index is 1.74. The first-order valence-electron chi connectivity index (χ1n) is 7.22. The average Bonchev–Trinajstić information content (AvgIpc) is 3.26. The van der Waals surface area contributed by atoms with E-state index in [9.17, 15) is 9.90 Å². The van der Waals surface area contributed by atoms with Gasteiger partial charge in [-0.3, -0.25) is 4.79 Å². The Labute approximate surface area is 114 Å². The lowest BCUT2D eigenvalue weighted by atomic mass is 10.1. The van der Waals surface area contributed by atoms with Crippen LogP contribution in [0.15, 0.2) is 18.2 Å². The Bertz CT molecular complexity index is 476. The summed E-state index contributed by atoms with van der Waals surface area (Å²) >= 11 is 0. The van der Waals surface area contributed by atoms with Gasteiger partial charge in [0.05, 0.1) is 0 Å². The molecule has 3 heteroatoms. The van der Waals surface area contributed by atoms with E-state index in [0.717, 1.165) is 30.5 Å². The van der Waals surface area contributed by atoms with Crippen molar-refractivity contribution in [3.63, 3.8) is 0 Å². The Morgan fingerprint density at radius 3 is 2.26 bits per heavy atom. The van der Waals surface area contributed by atoms with Crippen LogP contribution in [-0.2, 0) is 0 Å². The van der Waals surface area contributed by atoms with Gasteiger partial charge in [-0.25, -0.2) is 0 Å². The van der Waals surface area contributed by atoms with Crippen molar-refractivity contribution in [2.45, 2.75) is 32.6 Å². The fourth-order valence-electron chi connectivity index (χ4n) is 2.44. The van der Waals surface area contributed by atoms with E-state index in [-0.39, 0.29) is 11.7 Å². The molecule has 3 rings (SSSR count). The molecule has 1 N–H and O–H groups in total. The number of carbonyl (C=O) groups is 1. The molecule has 102 valence electrons. The van der Waals surface area contributed by atoms with Crippen molar-refractivity contribution in [1.82, 2.24) is 4.90 Å². The lowest BCUT2D eigenvalue weighted by Gasteiger charge is -2.23. The molecule has 0 aromatic heterocycles. The molecule has 1 aromatic rings. The van der Waals surface area contributed by atoms with Crippen LogP contribution in [0.2, 0.25) is 0 Å². The fraction of sp³-hybridized carbons (Fsp3) is 0.562. The largest absolute Gasteiger partial charge is 0.508 e. The van der Waals surface area contributed by atoms with Crippen LogP contribution < -0.4 is 0 Å². The van der Waals surface area contributed by atoms with Gasteiger partial charge in [0.2, 0.25) is 0 Å². The fourth-order valence-corrected chi connectivity index (χ4v) is 2.44. The number of phenols is 1. The Morgan fingerprint density at radius 1 is 1.21 bits per heavy atom. The summed E-state index contributed by atoms with van der Waals surface area (Å²) in [7, 11) is 0. The smallest absolute Gasteiger partial charge is 0.253 e. The number of phenolic OH excluding ortho intramolecular Hbond substituents is 1. The summed E-state index contributed by atoms with van der Waals surface area (Å²) in [4.78, 5) is 14.6. The predicted molar refractivity (Wildman–Crippen MR) is 74.2 cm³/mol. The molecule has 0 heterocycles. The minimum Gasteiger partial charge on any atom is -0.508 e. The minimum atomic E-state index is 0.127. The summed E-state index contributed by atoms with van der Waals surface area (Å²) in [6.07, 6.45) is 5.07. The van der Waals surface area contributed by atoms with Crippen LogP contribution in [0.25, 0.3) is 0 Å². The van der Waals surface area contributed by atoms with Gasteiger partial charge in [-0.15, -0.1) is 0 Å². The van der Waals surface area contributed by atoms with Gasteiger partial charge in [0.1, 0.15) is 5.75 Å². The molecule has 0 aliphatic heterocycles. The van der Waals surface area contributed by atoms with Crippen LogP contribution in [0.1, 0.15) is 41.6 Å². The van der Waals surface area contributed by atoms with E-state index in [1.165, 1.54) is 25.7 Å². The van der Waals surface area contributed by atoms with Crippen molar-refractivity contribution < 1.29 is 9.90 Å². The van der Waals surface area contributed by atoms with Gasteiger partial charge in [-0.1, -0.05) is 0 Å². The molecule has 2 saturated carbocycles. The number of nitrogens with zero attached hydrogens (tertiary/aromatic N) is 1. The number of aryl methyl sites for hydroxylation is 1. The molecular formula is C16H21NO2. The zero-order valence-electron chi connectivity index (χ0n) is 11.4. The van der Waals surface area contributed by atoms with Gasteiger partial charge < -0.3 is 10.0 Å². The number of rotatable bonds is 5. The summed E-state index contributed by atoms with van der Waals surface area (Å²) < 4.78 is 0. The topological polar surface area (TPSA) is 40.5 Å². The molecular weight excluding hydrogens is 238 g/mol. The van der Waals surface area contributed by atoms with E-state index in [0.29, 0.717) is 5.56 Å². The third kappa shape index (κ3) is 3.09. The quantitative estimate of drug-likeness (QED) is 0.883. The van der Waals surface area contributed by atoms with Gasteiger partial charge in [0, 0.05) is 18.7 Å². The second kappa shape index (κ2) is 4.87. The number of aromatic hydroxyl groups is 1. The van der Waals surface area contributed by atoms with Crippen molar-refractivity contribution >= 4 is 5.91 Å². The summed E-state index contributed by atoms with van der Waals surface area (Å²) in [5, 5.41) is 9.55. The monoisotopic (exact) mass is 259 g/mol. The standard InChI is InChI=1S/C16H21NO2/c1-11-8-14(6-7-15(11)18)16(19)17(9-12-2-3-12)10-13-4-5-13/h6-8,12-13,18H,2-5,9-10H2,1H3. The zero-order valence-corrected chi connectivity index (χ0v) is 11.4. The van der Waals surface area contributed by atoms with E-state index >= 15 is 0 Å². The third-order valence-electron chi connectivity index (χ3n) is 4.08. The first-order valence-corrected chi connectivity index (χ1v) is 7.22. The second-order valence-corrected chi connectivity index (χ2v) is 6.10. The number of hydrogen-bond acceptors (Lipinski definition) is 2. The highest BCUT2D eigenvalue weighted by atomic mass is 16.3. The summed E-state index contributed by atoms with van der Waals surface area (Å²) in [6.45, 7) is 3.66. The SMILES string of the molecule is Cc1cc(C(=O)N(CC2CC2)CC2CC2)ccc1O. The first kappa shape index (κ1) is 12.5. The maximum atomic E-state index is 12.6. The van der Waals surface area contributed by atoms with Crippen molar-refractivity contribution in [3.05, 3.63) is 29.3 Å². The highest BCUT2D eigenvalue weighted by molar-refractivity contribution is 5.94. The van der Waals surface area contributed by atoms with Crippen molar-refractivity contribution in [1.29, 1.82) is 0 Å². The molecule has 19 heavy (non-hydrogen) atoms. The summed E-state index contributed by atoms with van der Waals surface area (Å²) in [5.74, 6) is 1.83. The van der Waals surface area contributed by atoms with Crippen LogP contribution in [0.5, 0.6) is 5.75 Å². The normalized spacial score (nSPS) is 18.4. The highest BCUT2D eigenvalue weighted by Gasteiger charge is 2.31. The van der Waals surface area contributed by atoms with Crippen LogP contribution in [0.3, 0.4) is 0 Å². The van der Waals surface area contributed by atoms with Crippen LogP contribution >= 0.6 is 0 Å². The summed E-state index contributed by atoms with van der Waals surface area (Å²) in [6, 6.07) is 5.15. The number of amides is 1. The van der Waals surface area contributed by atoms with Crippen molar-refractivity contribution in [2.24, 2.45) is 11.8 Å². The number of carbonyl (C=O) groups excluding carboxylic acids is 1. The van der Waals surface area contributed by atoms with Gasteiger partial charge >= 0.3 is 0 Å². The summed E-state index contributed by atoms with van der Waals surface area (Å²) in [5.41, 5.74) is 1.47. The maximum absolute atomic E-state index is 12.6. The van der Waals surface area contributed by atoms with Gasteiger partial charge in [0.25, 0.3) is 5.91 Å². The van der Waals surface area contributed by atoms with Crippen LogP contribution in [0.4, 0.5) is 0 Å². The molecule has 0 saturated heterocycles. The van der Waals surface area contributed by atoms with Crippen molar-refractivity contribution in [2.75, 3.05) is 13.1 Å². The van der Waals surface area contributed by atoms with E-state index < -0.39 is 0 Å². The van der Waals surface area contributed by atoms with E-state index in [2.05, 4.69) is 0 Å². The predicted octanol–water partition coefficient (Wildman–Crippen LogP) is 2.96. The average molecular weight is 259 g/mol. The number of benzene rings is 1. The molecule has 1 amide bonds. The Hall–Kier alpha value is -1.51. The van der Waals surface area contributed by atoms with Crippen LogP contribution in [0, 0.1) is 18.8 Å². The molecule has 0 atom stereocenters. The molecule has 0 unspecified atom stereocenters. The van der Waals surface area contributed by atoms with Gasteiger partial charge in [0.15, 0.2) is 0 Å². The zero-order chi connectivity index (χ0) is 13.4. The van der Waals surface area contributed by atoms with E-state index in [4.69, 9.17) is 0 Å². The maximum Gasteiger partial charge on any atom is 0.253 e. The lowest BCUT2D eigenvalue weighted by molar-refractivity contribution is 0.0739. The molecule has 2 aliphatic carbocycles. The highest BCUT2D eigenvalue weighted by Crippen LogP contribution is 2.34. The lowest BCUT2D eigenvalue weighted by Crippen LogP contribution is -2.34. The van der Waals surface area contributed by atoms with Gasteiger partial charge in [-0.05, 0) is 68.2 Å².